The zero-order valence-corrected chi connectivity index (χ0v) is 14.4. The van der Waals surface area contributed by atoms with Gasteiger partial charge in [-0.15, -0.1) is 0 Å². The minimum Gasteiger partial charge on any atom is -0.391 e. The summed E-state index contributed by atoms with van der Waals surface area (Å²) in [6.07, 6.45) is 2.32. The molecule has 0 aliphatic carbocycles. The lowest BCUT2D eigenvalue weighted by Crippen LogP contribution is -2.23. The van der Waals surface area contributed by atoms with E-state index in [1.807, 2.05) is 36.5 Å². The molecule has 2 aromatic heterocycles. The molecule has 6 N–H and O–H groups in total. The second-order valence-electron chi connectivity index (χ2n) is 6.42. The van der Waals surface area contributed by atoms with Gasteiger partial charge in [0.1, 0.15) is 11.5 Å². The van der Waals surface area contributed by atoms with Gasteiger partial charge in [0, 0.05) is 43.8 Å². The SMILES string of the molecule is NCCNc1ccc(Nc2nc(N3CC[C@H](O)C3)c3cc[nH]c3n2)cc1. The third-order valence-corrected chi connectivity index (χ3v) is 4.47. The zero-order valence-electron chi connectivity index (χ0n) is 14.4. The normalized spacial score (nSPS) is 17.0. The number of aliphatic hydroxyl groups excluding tert-OH is 1. The van der Waals surface area contributed by atoms with Gasteiger partial charge in [-0.1, -0.05) is 0 Å². The molecule has 1 aliphatic heterocycles. The van der Waals surface area contributed by atoms with Crippen molar-refractivity contribution in [2.75, 3.05) is 41.7 Å². The summed E-state index contributed by atoms with van der Waals surface area (Å²) in [5, 5.41) is 17.3. The first-order valence-corrected chi connectivity index (χ1v) is 8.82. The second kappa shape index (κ2) is 7.19. The van der Waals surface area contributed by atoms with E-state index < -0.39 is 0 Å². The number of aromatic amines is 1. The van der Waals surface area contributed by atoms with Crippen molar-refractivity contribution in [3.05, 3.63) is 36.5 Å². The third-order valence-electron chi connectivity index (χ3n) is 4.47. The summed E-state index contributed by atoms with van der Waals surface area (Å²) in [6.45, 7) is 2.72. The first-order valence-electron chi connectivity index (χ1n) is 8.82. The predicted octanol–water partition coefficient (Wildman–Crippen LogP) is 1.64. The topological polar surface area (TPSA) is 115 Å². The Morgan fingerprint density at radius 1 is 1.19 bits per heavy atom. The highest BCUT2D eigenvalue weighted by molar-refractivity contribution is 5.89. The van der Waals surface area contributed by atoms with Gasteiger partial charge in [0.25, 0.3) is 0 Å². The highest BCUT2D eigenvalue weighted by atomic mass is 16.3. The molecule has 8 nitrogen and oxygen atoms in total. The molecule has 1 aromatic carbocycles. The largest absolute Gasteiger partial charge is 0.391 e. The Labute approximate surface area is 151 Å². The molecule has 1 atom stereocenters. The number of H-pyrrole nitrogens is 1. The van der Waals surface area contributed by atoms with Crippen molar-refractivity contribution >= 4 is 34.2 Å². The number of benzene rings is 1. The molecular weight excluding hydrogens is 330 g/mol. The van der Waals surface area contributed by atoms with Crippen molar-refractivity contribution < 1.29 is 5.11 Å². The number of rotatable bonds is 6. The molecule has 1 aliphatic rings. The zero-order chi connectivity index (χ0) is 17.9. The Balaban J connectivity index is 1.58. The summed E-state index contributed by atoms with van der Waals surface area (Å²) in [5.74, 6) is 1.37. The number of fused-ring (bicyclic) bond motifs is 1. The number of β-amino-alcohol motifs (C(OH)–C–C–N with tert-alkyl or cyclic N) is 1. The fourth-order valence-corrected chi connectivity index (χ4v) is 3.17. The van der Waals surface area contributed by atoms with E-state index >= 15 is 0 Å². The summed E-state index contributed by atoms with van der Waals surface area (Å²) < 4.78 is 0. The van der Waals surface area contributed by atoms with E-state index in [0.29, 0.717) is 19.0 Å². The molecule has 26 heavy (non-hydrogen) atoms. The van der Waals surface area contributed by atoms with Gasteiger partial charge in [0.15, 0.2) is 0 Å². The van der Waals surface area contributed by atoms with E-state index in [1.165, 1.54) is 0 Å². The van der Waals surface area contributed by atoms with E-state index in [-0.39, 0.29) is 6.10 Å². The van der Waals surface area contributed by atoms with Crippen LogP contribution in [0.5, 0.6) is 0 Å². The molecule has 1 fully saturated rings. The second-order valence-corrected chi connectivity index (χ2v) is 6.42. The van der Waals surface area contributed by atoms with Gasteiger partial charge in [-0.3, -0.25) is 0 Å². The molecule has 1 saturated heterocycles. The molecule has 0 saturated carbocycles. The predicted molar refractivity (Wildman–Crippen MR) is 104 cm³/mol. The Hall–Kier alpha value is -2.84. The average molecular weight is 353 g/mol. The van der Waals surface area contributed by atoms with Crippen LogP contribution in [-0.2, 0) is 0 Å². The quantitative estimate of drug-likeness (QED) is 0.457. The van der Waals surface area contributed by atoms with Gasteiger partial charge in [-0.2, -0.15) is 9.97 Å². The van der Waals surface area contributed by atoms with Crippen molar-refractivity contribution in [1.82, 2.24) is 15.0 Å². The maximum atomic E-state index is 9.85. The molecule has 8 heteroatoms. The van der Waals surface area contributed by atoms with Crippen LogP contribution in [0.1, 0.15) is 6.42 Å². The van der Waals surface area contributed by atoms with Crippen LogP contribution in [0.3, 0.4) is 0 Å². The molecule has 4 rings (SSSR count). The highest BCUT2D eigenvalue weighted by Crippen LogP contribution is 2.28. The Morgan fingerprint density at radius 3 is 2.73 bits per heavy atom. The van der Waals surface area contributed by atoms with Crippen LogP contribution in [0.4, 0.5) is 23.1 Å². The lowest BCUT2D eigenvalue weighted by atomic mass is 10.3. The Bertz CT molecular complexity index is 877. The molecular formula is C18H23N7O. The maximum absolute atomic E-state index is 9.85. The van der Waals surface area contributed by atoms with E-state index in [0.717, 1.165) is 47.7 Å². The number of nitrogens with zero attached hydrogens (tertiary/aromatic N) is 3. The van der Waals surface area contributed by atoms with E-state index in [2.05, 4.69) is 25.5 Å². The van der Waals surface area contributed by atoms with Gasteiger partial charge in [0.2, 0.25) is 5.95 Å². The lowest BCUT2D eigenvalue weighted by molar-refractivity contribution is 0.198. The molecule has 0 radical (unpaired) electrons. The first-order chi connectivity index (χ1) is 12.7. The monoisotopic (exact) mass is 353 g/mol. The van der Waals surface area contributed by atoms with Crippen LogP contribution >= 0.6 is 0 Å². The van der Waals surface area contributed by atoms with Crippen molar-refractivity contribution in [1.29, 1.82) is 0 Å². The smallest absolute Gasteiger partial charge is 0.231 e. The number of aliphatic hydroxyl groups is 1. The molecule has 3 aromatic rings. The maximum Gasteiger partial charge on any atom is 0.231 e. The van der Waals surface area contributed by atoms with Crippen LogP contribution in [0.2, 0.25) is 0 Å². The van der Waals surface area contributed by atoms with E-state index in [4.69, 9.17) is 10.7 Å². The van der Waals surface area contributed by atoms with Crippen molar-refractivity contribution in [3.63, 3.8) is 0 Å². The Kier molecular flexibility index (Phi) is 4.59. The summed E-state index contributed by atoms with van der Waals surface area (Å²) in [7, 11) is 0. The van der Waals surface area contributed by atoms with Gasteiger partial charge < -0.3 is 31.4 Å². The minimum atomic E-state index is -0.302. The van der Waals surface area contributed by atoms with Crippen molar-refractivity contribution in [2.24, 2.45) is 5.73 Å². The number of anilines is 4. The standard InChI is InChI=1S/C18H23N7O/c19-7-9-20-12-1-3-13(4-2-12)22-18-23-16-15(5-8-21-16)17(24-18)25-10-6-14(26)11-25/h1-5,8,14,20,26H,6-7,9-11,19H2,(H2,21,22,23,24)/t14-/m0/s1. The van der Waals surface area contributed by atoms with Crippen LogP contribution < -0.4 is 21.3 Å². The summed E-state index contributed by atoms with van der Waals surface area (Å²) in [5.41, 5.74) is 8.21. The molecule has 0 unspecified atom stereocenters. The first kappa shape index (κ1) is 16.6. The number of aromatic nitrogens is 3. The highest BCUT2D eigenvalue weighted by Gasteiger charge is 2.24. The molecule has 0 amide bonds. The van der Waals surface area contributed by atoms with E-state index in [1.54, 1.807) is 0 Å². The number of nitrogens with one attached hydrogen (secondary N) is 3. The van der Waals surface area contributed by atoms with Crippen molar-refractivity contribution in [2.45, 2.75) is 12.5 Å². The van der Waals surface area contributed by atoms with Crippen LogP contribution in [-0.4, -0.2) is 52.3 Å². The van der Waals surface area contributed by atoms with Crippen LogP contribution in [0.25, 0.3) is 11.0 Å². The number of hydrogen-bond donors (Lipinski definition) is 5. The summed E-state index contributed by atoms with van der Waals surface area (Å²) in [6, 6.07) is 9.89. The van der Waals surface area contributed by atoms with E-state index in [9.17, 15) is 5.11 Å². The van der Waals surface area contributed by atoms with Gasteiger partial charge in [-0.05, 0) is 36.8 Å². The molecule has 3 heterocycles. The van der Waals surface area contributed by atoms with Gasteiger partial charge in [0.05, 0.1) is 11.5 Å². The van der Waals surface area contributed by atoms with Crippen LogP contribution in [0, 0.1) is 0 Å². The molecule has 136 valence electrons. The Morgan fingerprint density at radius 2 is 2.00 bits per heavy atom. The minimum absolute atomic E-state index is 0.302. The fourth-order valence-electron chi connectivity index (χ4n) is 3.17. The average Bonchev–Trinajstić information content (AvgIpc) is 3.29. The van der Waals surface area contributed by atoms with Crippen LogP contribution in [0.15, 0.2) is 36.5 Å². The lowest BCUT2D eigenvalue weighted by Gasteiger charge is -2.18. The number of hydrogen-bond acceptors (Lipinski definition) is 7. The third kappa shape index (κ3) is 3.42. The summed E-state index contributed by atoms with van der Waals surface area (Å²) in [4.78, 5) is 14.5. The number of nitrogens with two attached hydrogens (primary N) is 1. The molecule has 0 spiro atoms. The summed E-state index contributed by atoms with van der Waals surface area (Å²) >= 11 is 0. The van der Waals surface area contributed by atoms with Crippen molar-refractivity contribution in [3.8, 4) is 0 Å². The fraction of sp³-hybridized carbons (Fsp3) is 0.333. The molecule has 0 bridgehead atoms. The van der Waals surface area contributed by atoms with Gasteiger partial charge >= 0.3 is 0 Å². The van der Waals surface area contributed by atoms with Gasteiger partial charge in [-0.25, -0.2) is 0 Å².